The number of aromatic nitrogens is 4. The van der Waals surface area contributed by atoms with Gasteiger partial charge in [-0.15, -0.1) is 10.2 Å². The van der Waals surface area contributed by atoms with Crippen molar-refractivity contribution in [3.63, 3.8) is 0 Å². The number of hydrogen-bond acceptors (Lipinski definition) is 4. The third-order valence-electron chi connectivity index (χ3n) is 3.54. The Hall–Kier alpha value is -1.23. The Balaban J connectivity index is 1.80. The second kappa shape index (κ2) is 7.38. The maximum absolute atomic E-state index is 4.49. The van der Waals surface area contributed by atoms with E-state index in [1.165, 1.54) is 31.3 Å². The van der Waals surface area contributed by atoms with Crippen LogP contribution >= 0.6 is 0 Å². The lowest BCUT2D eigenvalue weighted by Crippen LogP contribution is -2.25. The first-order valence-electron chi connectivity index (χ1n) is 7.45. The molecular formula is C14H25N5. The average Bonchev–Trinajstić information content (AvgIpc) is 2.87. The zero-order chi connectivity index (χ0) is 13.5. The molecule has 2 rings (SSSR count). The number of aryl methyl sites for hydroxylation is 1. The number of unbranched alkanes of at least 4 members (excludes halogenated alkanes) is 4. The SMILES string of the molecule is CCCCCCCn1nnc(C2=CCCN(C)C2)n1. The Kier molecular flexibility index (Phi) is 5.51. The van der Waals surface area contributed by atoms with Gasteiger partial charge in [-0.1, -0.05) is 38.7 Å². The van der Waals surface area contributed by atoms with Crippen LogP contribution in [0.2, 0.25) is 0 Å². The Labute approximate surface area is 115 Å². The van der Waals surface area contributed by atoms with Gasteiger partial charge in [0.2, 0.25) is 5.82 Å². The zero-order valence-corrected chi connectivity index (χ0v) is 12.2. The van der Waals surface area contributed by atoms with E-state index < -0.39 is 0 Å². The fourth-order valence-electron chi connectivity index (χ4n) is 2.38. The second-order valence-corrected chi connectivity index (χ2v) is 5.38. The smallest absolute Gasteiger partial charge is 0.201 e. The first-order valence-corrected chi connectivity index (χ1v) is 7.45. The van der Waals surface area contributed by atoms with Crippen molar-refractivity contribution in [1.82, 2.24) is 25.1 Å². The topological polar surface area (TPSA) is 46.8 Å². The van der Waals surface area contributed by atoms with Crippen molar-refractivity contribution in [3.8, 4) is 0 Å². The summed E-state index contributed by atoms with van der Waals surface area (Å²) in [6, 6.07) is 0. The van der Waals surface area contributed by atoms with Crippen LogP contribution in [0, 0.1) is 0 Å². The molecule has 0 bridgehead atoms. The first kappa shape index (κ1) is 14.2. The minimum absolute atomic E-state index is 0.806. The van der Waals surface area contributed by atoms with Gasteiger partial charge in [-0.05, 0) is 25.1 Å². The first-order chi connectivity index (χ1) is 9.29. The lowest BCUT2D eigenvalue weighted by atomic mass is 10.1. The van der Waals surface area contributed by atoms with Crippen molar-refractivity contribution in [1.29, 1.82) is 0 Å². The maximum Gasteiger partial charge on any atom is 0.201 e. The Morgan fingerprint density at radius 2 is 2.05 bits per heavy atom. The van der Waals surface area contributed by atoms with E-state index in [-0.39, 0.29) is 0 Å². The summed E-state index contributed by atoms with van der Waals surface area (Å²) in [5, 5.41) is 12.8. The molecule has 0 atom stereocenters. The van der Waals surface area contributed by atoms with Crippen molar-refractivity contribution >= 4 is 5.57 Å². The van der Waals surface area contributed by atoms with Crippen LogP contribution in [-0.2, 0) is 6.54 Å². The van der Waals surface area contributed by atoms with Gasteiger partial charge >= 0.3 is 0 Å². The summed E-state index contributed by atoms with van der Waals surface area (Å²) in [6.07, 6.45) is 9.65. The standard InChI is InChI=1S/C14H25N5/c1-3-4-5-6-7-11-19-16-14(15-17-19)13-9-8-10-18(2)12-13/h9H,3-8,10-12H2,1-2H3. The lowest BCUT2D eigenvalue weighted by molar-refractivity contribution is 0.372. The number of tetrazole rings is 1. The third-order valence-corrected chi connectivity index (χ3v) is 3.54. The highest BCUT2D eigenvalue weighted by molar-refractivity contribution is 5.61. The summed E-state index contributed by atoms with van der Waals surface area (Å²) in [5.74, 6) is 0.806. The van der Waals surface area contributed by atoms with Crippen LogP contribution in [0.25, 0.3) is 5.57 Å². The van der Waals surface area contributed by atoms with Gasteiger partial charge in [0, 0.05) is 18.7 Å². The van der Waals surface area contributed by atoms with Gasteiger partial charge in [0.25, 0.3) is 0 Å². The molecule has 2 heterocycles. The number of likely N-dealkylation sites (N-methyl/N-ethyl adjacent to an activating group) is 1. The summed E-state index contributed by atoms with van der Waals surface area (Å²) in [5.41, 5.74) is 1.21. The Morgan fingerprint density at radius 3 is 2.84 bits per heavy atom. The van der Waals surface area contributed by atoms with Crippen LogP contribution in [0.15, 0.2) is 6.08 Å². The van der Waals surface area contributed by atoms with Gasteiger partial charge in [0.05, 0.1) is 6.54 Å². The molecule has 0 N–H and O–H groups in total. The zero-order valence-electron chi connectivity index (χ0n) is 12.2. The summed E-state index contributed by atoms with van der Waals surface area (Å²) in [6.45, 7) is 5.18. The van der Waals surface area contributed by atoms with Gasteiger partial charge in [-0.2, -0.15) is 4.80 Å². The highest BCUT2D eigenvalue weighted by atomic mass is 15.6. The van der Waals surface area contributed by atoms with Gasteiger partial charge in [-0.25, -0.2) is 0 Å². The average molecular weight is 263 g/mol. The van der Waals surface area contributed by atoms with E-state index in [0.717, 1.165) is 38.3 Å². The molecule has 5 nitrogen and oxygen atoms in total. The molecule has 0 aromatic carbocycles. The number of hydrogen-bond donors (Lipinski definition) is 0. The molecule has 0 aliphatic carbocycles. The minimum Gasteiger partial charge on any atom is -0.302 e. The molecule has 0 fully saturated rings. The second-order valence-electron chi connectivity index (χ2n) is 5.38. The molecule has 0 saturated carbocycles. The van der Waals surface area contributed by atoms with E-state index in [0.29, 0.717) is 0 Å². The molecule has 19 heavy (non-hydrogen) atoms. The molecule has 106 valence electrons. The summed E-state index contributed by atoms with van der Waals surface area (Å²) < 4.78 is 0. The summed E-state index contributed by atoms with van der Waals surface area (Å²) in [4.78, 5) is 4.04. The molecule has 1 aliphatic heterocycles. The van der Waals surface area contributed by atoms with Crippen LogP contribution in [-0.4, -0.2) is 45.2 Å². The molecule has 0 spiro atoms. The van der Waals surface area contributed by atoms with Crippen molar-refractivity contribution in [2.45, 2.75) is 52.0 Å². The van der Waals surface area contributed by atoms with Crippen LogP contribution in [0.1, 0.15) is 51.3 Å². The monoisotopic (exact) mass is 263 g/mol. The van der Waals surface area contributed by atoms with E-state index in [9.17, 15) is 0 Å². The van der Waals surface area contributed by atoms with Crippen molar-refractivity contribution in [3.05, 3.63) is 11.9 Å². The van der Waals surface area contributed by atoms with Crippen LogP contribution in [0.3, 0.4) is 0 Å². The largest absolute Gasteiger partial charge is 0.302 e. The van der Waals surface area contributed by atoms with Crippen molar-refractivity contribution in [2.75, 3.05) is 20.1 Å². The molecule has 1 aromatic heterocycles. The van der Waals surface area contributed by atoms with Crippen molar-refractivity contribution in [2.24, 2.45) is 0 Å². The minimum atomic E-state index is 0.806. The van der Waals surface area contributed by atoms with E-state index >= 15 is 0 Å². The fourth-order valence-corrected chi connectivity index (χ4v) is 2.38. The quantitative estimate of drug-likeness (QED) is 0.709. The molecule has 1 aromatic rings. The van der Waals surface area contributed by atoms with Crippen LogP contribution < -0.4 is 0 Å². The predicted octanol–water partition coefficient (Wildman–Crippen LogP) is 2.36. The van der Waals surface area contributed by atoms with Crippen molar-refractivity contribution < 1.29 is 0 Å². The fraction of sp³-hybridized carbons (Fsp3) is 0.786. The molecule has 0 saturated heterocycles. The van der Waals surface area contributed by atoms with E-state index in [1.54, 1.807) is 4.80 Å². The van der Waals surface area contributed by atoms with Gasteiger partial charge < -0.3 is 4.90 Å². The predicted molar refractivity (Wildman–Crippen MR) is 76.7 cm³/mol. The summed E-state index contributed by atoms with van der Waals surface area (Å²) >= 11 is 0. The van der Waals surface area contributed by atoms with Gasteiger partial charge in [0.1, 0.15) is 0 Å². The molecule has 1 aliphatic rings. The van der Waals surface area contributed by atoms with Crippen LogP contribution in [0.5, 0.6) is 0 Å². The maximum atomic E-state index is 4.49. The van der Waals surface area contributed by atoms with Gasteiger partial charge in [-0.3, -0.25) is 0 Å². The number of rotatable bonds is 7. The van der Waals surface area contributed by atoms with E-state index in [4.69, 9.17) is 0 Å². The Bertz CT molecular complexity index is 410. The molecular weight excluding hydrogens is 238 g/mol. The van der Waals surface area contributed by atoms with E-state index in [2.05, 4.69) is 40.4 Å². The lowest BCUT2D eigenvalue weighted by Gasteiger charge is -2.20. The summed E-state index contributed by atoms with van der Waals surface area (Å²) in [7, 11) is 2.13. The molecule has 0 amide bonds. The van der Waals surface area contributed by atoms with E-state index in [1.807, 2.05) is 0 Å². The molecule has 0 radical (unpaired) electrons. The van der Waals surface area contributed by atoms with Crippen LogP contribution in [0.4, 0.5) is 0 Å². The highest BCUT2D eigenvalue weighted by Crippen LogP contribution is 2.15. The molecule has 0 unspecified atom stereocenters. The Morgan fingerprint density at radius 1 is 1.21 bits per heavy atom. The highest BCUT2D eigenvalue weighted by Gasteiger charge is 2.14. The number of nitrogens with zero attached hydrogens (tertiary/aromatic N) is 5. The van der Waals surface area contributed by atoms with Gasteiger partial charge in [0.15, 0.2) is 0 Å². The third kappa shape index (κ3) is 4.42. The normalized spacial score (nSPS) is 16.6. The molecule has 5 heteroatoms.